The Morgan fingerprint density at radius 1 is 1.04 bits per heavy atom. The van der Waals surface area contributed by atoms with Gasteiger partial charge in [0.25, 0.3) is 0 Å². The number of hydrogen-bond acceptors (Lipinski definition) is 2. The second-order valence-corrected chi connectivity index (χ2v) is 5.34. The second kappa shape index (κ2) is 5.74. The van der Waals surface area contributed by atoms with Gasteiger partial charge in [0, 0.05) is 22.2 Å². The third-order valence-corrected chi connectivity index (χ3v) is 3.77. The maximum atomic E-state index is 13.2. The van der Waals surface area contributed by atoms with E-state index >= 15 is 0 Å². The molecule has 0 saturated heterocycles. The van der Waals surface area contributed by atoms with E-state index in [1.807, 2.05) is 0 Å². The van der Waals surface area contributed by atoms with Gasteiger partial charge in [-0.1, -0.05) is 23.7 Å². The van der Waals surface area contributed by atoms with Crippen molar-refractivity contribution in [3.63, 3.8) is 0 Å². The first-order chi connectivity index (χ1) is 10.9. The minimum Gasteiger partial charge on any atom is -0.496 e. The maximum absolute atomic E-state index is 13.2. The van der Waals surface area contributed by atoms with Gasteiger partial charge in [-0.25, -0.2) is 0 Å². The first-order valence-corrected chi connectivity index (χ1v) is 7.08. The molecule has 0 saturated carbocycles. The number of para-hydroxylation sites is 1. The summed E-state index contributed by atoms with van der Waals surface area (Å²) in [5, 5.41) is 0.892. The number of ether oxygens (including phenoxy) is 1. The van der Waals surface area contributed by atoms with Gasteiger partial charge in [-0.05, 0) is 35.9 Å². The normalized spacial score (nSPS) is 11.7. The summed E-state index contributed by atoms with van der Waals surface area (Å²) >= 11 is 5.95. The van der Waals surface area contributed by atoms with Gasteiger partial charge >= 0.3 is 6.18 Å². The average Bonchev–Trinajstić information content (AvgIpc) is 2.52. The number of rotatable bonds is 2. The number of aromatic nitrogens is 1. The second-order valence-electron chi connectivity index (χ2n) is 4.90. The topological polar surface area (TPSA) is 22.1 Å². The van der Waals surface area contributed by atoms with E-state index in [4.69, 9.17) is 16.3 Å². The zero-order valence-electron chi connectivity index (χ0n) is 12.0. The highest BCUT2D eigenvalue weighted by molar-refractivity contribution is 6.30. The minimum absolute atomic E-state index is 0.0884. The first kappa shape index (κ1) is 15.6. The molecule has 0 aliphatic rings. The predicted molar refractivity (Wildman–Crippen MR) is 83.7 cm³/mol. The van der Waals surface area contributed by atoms with Crippen LogP contribution in [0.3, 0.4) is 0 Å². The van der Waals surface area contributed by atoms with E-state index in [0.717, 1.165) is 6.07 Å². The van der Waals surface area contributed by atoms with Crippen LogP contribution in [0.4, 0.5) is 13.2 Å². The fraction of sp³-hybridized carbons (Fsp3) is 0.118. The van der Waals surface area contributed by atoms with Gasteiger partial charge in [-0.15, -0.1) is 0 Å². The summed E-state index contributed by atoms with van der Waals surface area (Å²) in [6, 6.07) is 10.7. The molecular formula is C17H11ClF3NO. The summed E-state index contributed by atoms with van der Waals surface area (Å²) in [6.45, 7) is 0. The summed E-state index contributed by atoms with van der Waals surface area (Å²) in [5.41, 5.74) is 0.414. The molecule has 2 aromatic carbocycles. The molecule has 0 unspecified atom stereocenters. The van der Waals surface area contributed by atoms with Crippen LogP contribution in [0.15, 0.2) is 48.7 Å². The fourth-order valence-electron chi connectivity index (χ4n) is 2.53. The van der Waals surface area contributed by atoms with E-state index in [9.17, 15) is 13.2 Å². The van der Waals surface area contributed by atoms with E-state index in [-0.39, 0.29) is 5.52 Å². The highest BCUT2D eigenvalue weighted by atomic mass is 35.5. The largest absolute Gasteiger partial charge is 0.496 e. The van der Waals surface area contributed by atoms with E-state index in [1.165, 1.54) is 19.4 Å². The van der Waals surface area contributed by atoms with Crippen LogP contribution >= 0.6 is 11.6 Å². The molecule has 0 atom stereocenters. The Labute approximate surface area is 135 Å². The molecule has 0 N–H and O–H groups in total. The number of nitrogens with zero attached hydrogens (tertiary/aromatic N) is 1. The zero-order valence-corrected chi connectivity index (χ0v) is 12.7. The summed E-state index contributed by atoms with van der Waals surface area (Å²) in [6.07, 6.45) is -3.10. The van der Waals surface area contributed by atoms with Gasteiger partial charge in [-0.3, -0.25) is 4.98 Å². The van der Waals surface area contributed by atoms with Crippen LogP contribution in [0.25, 0.3) is 22.0 Å². The number of benzene rings is 2. The Kier molecular flexibility index (Phi) is 3.90. The number of alkyl halides is 3. The van der Waals surface area contributed by atoms with Crippen molar-refractivity contribution in [3.8, 4) is 16.9 Å². The molecule has 6 heteroatoms. The molecule has 1 aromatic heterocycles. The Bertz CT molecular complexity index is 877. The van der Waals surface area contributed by atoms with Gasteiger partial charge in [0.2, 0.25) is 0 Å². The number of pyridine rings is 1. The van der Waals surface area contributed by atoms with Crippen LogP contribution in [0.2, 0.25) is 5.02 Å². The highest BCUT2D eigenvalue weighted by Crippen LogP contribution is 2.39. The summed E-state index contributed by atoms with van der Waals surface area (Å²) in [4.78, 5) is 3.92. The zero-order chi connectivity index (χ0) is 16.6. The van der Waals surface area contributed by atoms with Gasteiger partial charge in [0.05, 0.1) is 18.2 Å². The van der Waals surface area contributed by atoms with Crippen LogP contribution in [-0.4, -0.2) is 12.1 Å². The number of hydrogen-bond donors (Lipinski definition) is 0. The Balaban J connectivity index is 2.32. The van der Waals surface area contributed by atoms with Crippen molar-refractivity contribution in [2.45, 2.75) is 6.18 Å². The fourth-order valence-corrected chi connectivity index (χ4v) is 2.69. The van der Waals surface area contributed by atoms with E-state index in [2.05, 4.69) is 4.98 Å². The Hall–Kier alpha value is -2.27. The molecule has 0 aliphatic heterocycles. The first-order valence-electron chi connectivity index (χ1n) is 6.70. The number of methoxy groups -OCH3 is 1. The Morgan fingerprint density at radius 2 is 1.83 bits per heavy atom. The SMILES string of the molecule is COc1cc(Cl)ccc1-c1ccnc2c(C(F)(F)F)cccc12. The Morgan fingerprint density at radius 3 is 2.52 bits per heavy atom. The smallest absolute Gasteiger partial charge is 0.418 e. The standard InChI is InChI=1S/C17H11ClF3NO/c1-23-15-9-10(18)5-6-12(15)11-7-8-22-16-13(11)3-2-4-14(16)17(19,20)21/h2-9H,1H3. The van der Waals surface area contributed by atoms with Gasteiger partial charge < -0.3 is 4.74 Å². The van der Waals surface area contributed by atoms with Crippen LogP contribution in [0.1, 0.15) is 5.56 Å². The van der Waals surface area contributed by atoms with Crippen LogP contribution < -0.4 is 4.74 Å². The number of fused-ring (bicyclic) bond motifs is 1. The highest BCUT2D eigenvalue weighted by Gasteiger charge is 2.33. The molecule has 2 nitrogen and oxygen atoms in total. The molecule has 1 heterocycles. The number of halogens is 4. The minimum atomic E-state index is -4.46. The molecular weight excluding hydrogens is 327 g/mol. The lowest BCUT2D eigenvalue weighted by Gasteiger charge is -2.14. The van der Waals surface area contributed by atoms with Crippen molar-refractivity contribution in [1.82, 2.24) is 4.98 Å². The molecule has 0 bridgehead atoms. The van der Waals surface area contributed by atoms with Crippen molar-refractivity contribution >= 4 is 22.5 Å². The molecule has 0 aliphatic carbocycles. The van der Waals surface area contributed by atoms with E-state index in [1.54, 1.807) is 30.3 Å². The van der Waals surface area contributed by atoms with Gasteiger partial charge in [0.15, 0.2) is 0 Å². The van der Waals surface area contributed by atoms with Gasteiger partial charge in [-0.2, -0.15) is 13.2 Å². The molecule has 23 heavy (non-hydrogen) atoms. The van der Waals surface area contributed by atoms with Crippen LogP contribution in [0.5, 0.6) is 5.75 Å². The molecule has 3 aromatic rings. The van der Waals surface area contributed by atoms with Crippen LogP contribution in [0, 0.1) is 0 Å². The molecule has 0 amide bonds. The summed E-state index contributed by atoms with van der Waals surface area (Å²) in [5.74, 6) is 0.488. The van der Waals surface area contributed by atoms with Crippen molar-refractivity contribution in [3.05, 3.63) is 59.2 Å². The lowest BCUT2D eigenvalue weighted by Crippen LogP contribution is -2.06. The molecule has 0 fully saturated rings. The summed E-state index contributed by atoms with van der Waals surface area (Å²) in [7, 11) is 1.49. The van der Waals surface area contributed by atoms with Crippen molar-refractivity contribution in [1.29, 1.82) is 0 Å². The molecule has 118 valence electrons. The predicted octanol–water partition coefficient (Wildman–Crippen LogP) is 5.58. The van der Waals surface area contributed by atoms with E-state index in [0.29, 0.717) is 27.3 Å². The van der Waals surface area contributed by atoms with Crippen molar-refractivity contribution in [2.24, 2.45) is 0 Å². The monoisotopic (exact) mass is 337 g/mol. The van der Waals surface area contributed by atoms with Crippen molar-refractivity contribution < 1.29 is 17.9 Å². The van der Waals surface area contributed by atoms with Crippen molar-refractivity contribution in [2.75, 3.05) is 7.11 Å². The molecule has 3 rings (SSSR count). The molecule has 0 radical (unpaired) electrons. The lowest BCUT2D eigenvalue weighted by atomic mass is 9.98. The molecule has 0 spiro atoms. The lowest BCUT2D eigenvalue weighted by molar-refractivity contribution is -0.136. The summed E-state index contributed by atoms with van der Waals surface area (Å²) < 4.78 is 44.8. The quantitative estimate of drug-likeness (QED) is 0.608. The average molecular weight is 338 g/mol. The van der Waals surface area contributed by atoms with Gasteiger partial charge in [0.1, 0.15) is 5.75 Å². The van der Waals surface area contributed by atoms with E-state index < -0.39 is 11.7 Å². The third-order valence-electron chi connectivity index (χ3n) is 3.53. The maximum Gasteiger partial charge on any atom is 0.418 e. The third kappa shape index (κ3) is 2.84. The van der Waals surface area contributed by atoms with Crippen LogP contribution in [-0.2, 0) is 6.18 Å².